The van der Waals surface area contributed by atoms with Gasteiger partial charge in [0.15, 0.2) is 17.2 Å². The van der Waals surface area contributed by atoms with Crippen LogP contribution in [0, 0.1) is 12.7 Å². The summed E-state index contributed by atoms with van der Waals surface area (Å²) in [4.78, 5) is 20.1. The molecule has 0 saturated carbocycles. The van der Waals surface area contributed by atoms with Crippen LogP contribution in [-0.2, 0) is 16.7 Å². The largest absolute Gasteiger partial charge is 0.449 e. The number of Topliss-reactive ketones (excluding diaryl/α,β-unsaturated/α-hetero) is 1. The van der Waals surface area contributed by atoms with Gasteiger partial charge in [-0.3, -0.25) is 9.79 Å². The number of ketones is 1. The third-order valence-corrected chi connectivity index (χ3v) is 4.44. The Balaban J connectivity index is 1.99. The predicted molar refractivity (Wildman–Crippen MR) is 90.4 cm³/mol. The number of halogens is 3. The van der Waals surface area contributed by atoms with E-state index in [-0.39, 0.29) is 35.9 Å². The van der Waals surface area contributed by atoms with E-state index in [0.29, 0.717) is 11.5 Å². The number of rotatable bonds is 4. The molecule has 9 heteroatoms. The Morgan fingerprint density at radius 2 is 2.11 bits per heavy atom. The lowest BCUT2D eigenvalue weighted by molar-refractivity contribution is -0.116. The molecule has 0 unspecified atom stereocenters. The maximum atomic E-state index is 14.7. The SMILES string of the molecule is Cc1nc(C(=O)Cc2ccc(F)c([C@@]3(C)N=C(N)COCC3(F)F)c2)co1. The number of ether oxygens (including phenoxy) is 1. The quantitative estimate of drug-likeness (QED) is 0.823. The molecule has 0 radical (unpaired) electrons. The zero-order valence-corrected chi connectivity index (χ0v) is 14.8. The molecule has 0 spiro atoms. The van der Waals surface area contributed by atoms with Gasteiger partial charge >= 0.3 is 0 Å². The first kappa shape index (κ1) is 19.1. The molecule has 6 nitrogen and oxygen atoms in total. The number of hydrogen-bond acceptors (Lipinski definition) is 6. The molecule has 1 aromatic carbocycles. The molecule has 1 aliphatic rings. The number of nitrogens with two attached hydrogens (primary N) is 1. The number of aryl methyl sites for hydroxylation is 1. The monoisotopic (exact) mass is 381 g/mol. The van der Waals surface area contributed by atoms with Gasteiger partial charge in [0.05, 0.1) is 0 Å². The van der Waals surface area contributed by atoms with E-state index < -0.39 is 23.9 Å². The molecular formula is C18H18F3N3O3. The molecule has 1 aliphatic heterocycles. The second-order valence-corrected chi connectivity index (χ2v) is 6.54. The Kier molecular flexibility index (Phi) is 4.81. The first-order valence-corrected chi connectivity index (χ1v) is 8.16. The van der Waals surface area contributed by atoms with E-state index in [2.05, 4.69) is 9.98 Å². The standard InChI is InChI=1S/C18H18F3N3O3/c1-10-23-14(7-27-10)15(25)6-11-3-4-13(19)12(5-11)17(2)18(20,21)9-26-8-16(22)24-17/h3-5,7H,6,8-9H2,1-2H3,(H2,22,24)/t17-/m1/s1. The lowest BCUT2D eigenvalue weighted by Crippen LogP contribution is -2.45. The third kappa shape index (κ3) is 3.59. The molecule has 144 valence electrons. The van der Waals surface area contributed by atoms with E-state index in [1.165, 1.54) is 18.4 Å². The summed E-state index contributed by atoms with van der Waals surface area (Å²) in [6.07, 6.45) is 1.06. The first-order valence-electron chi connectivity index (χ1n) is 8.16. The summed E-state index contributed by atoms with van der Waals surface area (Å²) in [5.41, 5.74) is 3.44. The van der Waals surface area contributed by atoms with Crippen LogP contribution in [-0.4, -0.2) is 35.7 Å². The predicted octanol–water partition coefficient (Wildman–Crippen LogP) is 2.79. The fourth-order valence-corrected chi connectivity index (χ4v) is 2.91. The fraction of sp³-hybridized carbons (Fsp3) is 0.389. The molecule has 0 saturated heterocycles. The van der Waals surface area contributed by atoms with E-state index in [9.17, 15) is 18.0 Å². The zero-order valence-electron chi connectivity index (χ0n) is 14.8. The Morgan fingerprint density at radius 1 is 1.37 bits per heavy atom. The van der Waals surface area contributed by atoms with Gasteiger partial charge in [-0.05, 0) is 24.6 Å². The number of benzene rings is 1. The summed E-state index contributed by atoms with van der Waals surface area (Å²) in [6, 6.07) is 3.59. The van der Waals surface area contributed by atoms with Gasteiger partial charge in [0.1, 0.15) is 36.8 Å². The lowest BCUT2D eigenvalue weighted by atomic mass is 9.84. The lowest BCUT2D eigenvalue weighted by Gasteiger charge is -2.33. The van der Waals surface area contributed by atoms with Gasteiger partial charge in [-0.2, -0.15) is 0 Å². The molecule has 1 atom stereocenters. The number of hydrogen-bond donors (Lipinski definition) is 1. The average molecular weight is 381 g/mol. The topological polar surface area (TPSA) is 90.7 Å². The molecule has 0 amide bonds. The number of aliphatic imine (C=N–C) groups is 1. The molecule has 2 aromatic rings. The number of carbonyl (C=O) groups excluding carboxylic acids is 1. The maximum Gasteiger partial charge on any atom is 0.299 e. The Labute approximate surface area is 153 Å². The maximum absolute atomic E-state index is 14.7. The molecular weight excluding hydrogens is 363 g/mol. The van der Waals surface area contributed by atoms with E-state index in [0.717, 1.165) is 13.0 Å². The Bertz CT molecular complexity index is 910. The van der Waals surface area contributed by atoms with Crippen LogP contribution >= 0.6 is 0 Å². The van der Waals surface area contributed by atoms with E-state index in [1.54, 1.807) is 6.92 Å². The van der Waals surface area contributed by atoms with Gasteiger partial charge in [-0.25, -0.2) is 18.2 Å². The normalized spacial score (nSPS) is 22.2. The Morgan fingerprint density at radius 3 is 2.78 bits per heavy atom. The van der Waals surface area contributed by atoms with Crippen molar-refractivity contribution in [2.75, 3.05) is 13.2 Å². The van der Waals surface area contributed by atoms with Crippen LogP contribution in [0.5, 0.6) is 0 Å². The van der Waals surface area contributed by atoms with Crippen molar-refractivity contribution in [1.29, 1.82) is 0 Å². The Hall–Kier alpha value is -2.68. The summed E-state index contributed by atoms with van der Waals surface area (Å²) < 4.78 is 53.6. The number of oxazole rings is 1. The number of nitrogens with zero attached hydrogens (tertiary/aromatic N) is 2. The number of alkyl halides is 2. The summed E-state index contributed by atoms with van der Waals surface area (Å²) >= 11 is 0. The van der Waals surface area contributed by atoms with Crippen molar-refractivity contribution in [3.05, 3.63) is 53.0 Å². The highest BCUT2D eigenvalue weighted by Crippen LogP contribution is 2.43. The second-order valence-electron chi connectivity index (χ2n) is 6.54. The molecule has 0 fully saturated rings. The minimum absolute atomic E-state index is 0.111. The van der Waals surface area contributed by atoms with Crippen molar-refractivity contribution in [3.63, 3.8) is 0 Å². The first-order chi connectivity index (χ1) is 12.6. The van der Waals surface area contributed by atoms with Crippen molar-refractivity contribution >= 4 is 11.6 Å². The number of amidine groups is 1. The minimum atomic E-state index is -3.50. The van der Waals surface area contributed by atoms with Crippen molar-refractivity contribution in [1.82, 2.24) is 4.98 Å². The minimum Gasteiger partial charge on any atom is -0.449 e. The van der Waals surface area contributed by atoms with E-state index in [4.69, 9.17) is 14.9 Å². The van der Waals surface area contributed by atoms with Crippen LogP contribution in [0.4, 0.5) is 13.2 Å². The van der Waals surface area contributed by atoms with Crippen molar-refractivity contribution in [3.8, 4) is 0 Å². The van der Waals surface area contributed by atoms with Crippen molar-refractivity contribution < 1.29 is 27.1 Å². The van der Waals surface area contributed by atoms with Crippen LogP contribution in [0.25, 0.3) is 0 Å². The van der Waals surface area contributed by atoms with E-state index in [1.807, 2.05) is 0 Å². The van der Waals surface area contributed by atoms with Crippen LogP contribution in [0.1, 0.15) is 34.4 Å². The van der Waals surface area contributed by atoms with Gasteiger partial charge in [0.2, 0.25) is 0 Å². The number of carbonyl (C=O) groups is 1. The average Bonchev–Trinajstić information content (AvgIpc) is 2.98. The third-order valence-electron chi connectivity index (χ3n) is 4.44. The molecule has 2 N–H and O–H groups in total. The molecule has 0 bridgehead atoms. The van der Waals surface area contributed by atoms with E-state index >= 15 is 0 Å². The van der Waals surface area contributed by atoms with Gasteiger partial charge in [0.25, 0.3) is 5.92 Å². The summed E-state index contributed by atoms with van der Waals surface area (Å²) in [7, 11) is 0. The van der Waals surface area contributed by atoms with Crippen molar-refractivity contribution in [2.24, 2.45) is 10.7 Å². The van der Waals surface area contributed by atoms with Crippen molar-refractivity contribution in [2.45, 2.75) is 31.7 Å². The second kappa shape index (κ2) is 6.80. The summed E-state index contributed by atoms with van der Waals surface area (Å²) in [5.74, 6) is -4.58. The van der Waals surface area contributed by atoms with Gasteiger partial charge in [0, 0.05) is 18.9 Å². The number of aromatic nitrogens is 1. The van der Waals surface area contributed by atoms with Gasteiger partial charge in [-0.1, -0.05) is 6.07 Å². The summed E-state index contributed by atoms with van der Waals surface area (Å²) in [5, 5.41) is 0. The highest BCUT2D eigenvalue weighted by atomic mass is 19.3. The van der Waals surface area contributed by atoms with Crippen LogP contribution in [0.15, 0.2) is 33.9 Å². The highest BCUT2D eigenvalue weighted by Gasteiger charge is 2.54. The summed E-state index contributed by atoms with van der Waals surface area (Å²) in [6.45, 7) is 1.47. The van der Waals surface area contributed by atoms with Crippen LogP contribution < -0.4 is 5.73 Å². The molecule has 2 heterocycles. The van der Waals surface area contributed by atoms with Gasteiger partial charge in [-0.15, -0.1) is 0 Å². The fourth-order valence-electron chi connectivity index (χ4n) is 2.91. The van der Waals surface area contributed by atoms with Crippen LogP contribution in [0.3, 0.4) is 0 Å². The smallest absolute Gasteiger partial charge is 0.299 e. The molecule has 0 aliphatic carbocycles. The highest BCUT2D eigenvalue weighted by molar-refractivity contribution is 5.95. The molecule has 27 heavy (non-hydrogen) atoms. The van der Waals surface area contributed by atoms with Gasteiger partial charge < -0.3 is 14.9 Å². The van der Waals surface area contributed by atoms with Crippen LogP contribution in [0.2, 0.25) is 0 Å². The zero-order chi connectivity index (χ0) is 19.8. The molecule has 3 rings (SSSR count). The molecule has 1 aromatic heterocycles.